The maximum Gasteiger partial charge on any atom is 0.220 e. The topological polar surface area (TPSA) is 57.2 Å². The van der Waals surface area contributed by atoms with Gasteiger partial charge in [0.1, 0.15) is 23.9 Å². The van der Waals surface area contributed by atoms with Gasteiger partial charge in [0.15, 0.2) is 0 Å². The first-order valence-corrected chi connectivity index (χ1v) is 9.56. The number of hydrogen-bond acceptors (Lipinski definition) is 5. The van der Waals surface area contributed by atoms with E-state index in [2.05, 4.69) is 0 Å². The molecule has 2 aromatic carbocycles. The summed E-state index contributed by atoms with van der Waals surface area (Å²) < 4.78 is 22.5. The van der Waals surface area contributed by atoms with E-state index in [1.807, 2.05) is 60.7 Å². The first kappa shape index (κ1) is 20.7. The lowest BCUT2D eigenvalue weighted by Gasteiger charge is -2.37. The normalized spacial score (nSPS) is 18.4. The Hall–Kier alpha value is -2.99. The van der Waals surface area contributed by atoms with Crippen molar-refractivity contribution in [1.29, 1.82) is 0 Å². The van der Waals surface area contributed by atoms with Gasteiger partial charge in [-0.15, -0.1) is 0 Å². The van der Waals surface area contributed by atoms with Crippen LogP contribution in [0.2, 0.25) is 0 Å². The Morgan fingerprint density at radius 2 is 1.55 bits per heavy atom. The Kier molecular flexibility index (Phi) is 7.14. The SMILES string of the molecule is COc1ccc(CO[C@@H]2C=CCN(C(C)=O)[C@@H]2COc2ccc(OC)cc2)cc1. The summed E-state index contributed by atoms with van der Waals surface area (Å²) in [5, 5.41) is 0. The molecule has 0 fully saturated rings. The van der Waals surface area contributed by atoms with E-state index in [0.717, 1.165) is 22.8 Å². The van der Waals surface area contributed by atoms with Crippen LogP contribution in [0.1, 0.15) is 12.5 Å². The summed E-state index contributed by atoms with van der Waals surface area (Å²) in [7, 11) is 3.27. The Labute approximate surface area is 171 Å². The third-order valence-electron chi connectivity index (χ3n) is 4.89. The molecule has 1 aliphatic heterocycles. The summed E-state index contributed by atoms with van der Waals surface area (Å²) in [6.07, 6.45) is 3.71. The van der Waals surface area contributed by atoms with Gasteiger partial charge in [-0.3, -0.25) is 4.79 Å². The minimum Gasteiger partial charge on any atom is -0.497 e. The van der Waals surface area contributed by atoms with Crippen molar-refractivity contribution in [1.82, 2.24) is 4.90 Å². The first-order valence-electron chi connectivity index (χ1n) is 9.56. The molecule has 3 rings (SSSR count). The van der Waals surface area contributed by atoms with Gasteiger partial charge in [0.25, 0.3) is 0 Å². The number of carbonyl (C=O) groups is 1. The van der Waals surface area contributed by atoms with Gasteiger partial charge in [-0.2, -0.15) is 0 Å². The molecule has 29 heavy (non-hydrogen) atoms. The number of hydrogen-bond donors (Lipinski definition) is 0. The molecular weight excluding hydrogens is 370 g/mol. The highest BCUT2D eigenvalue weighted by Crippen LogP contribution is 2.22. The van der Waals surface area contributed by atoms with Crippen molar-refractivity contribution in [3.63, 3.8) is 0 Å². The summed E-state index contributed by atoms with van der Waals surface area (Å²) in [5.74, 6) is 2.29. The first-order chi connectivity index (χ1) is 14.1. The summed E-state index contributed by atoms with van der Waals surface area (Å²) in [6, 6.07) is 14.9. The highest BCUT2D eigenvalue weighted by atomic mass is 16.5. The summed E-state index contributed by atoms with van der Waals surface area (Å²) in [4.78, 5) is 13.9. The zero-order valence-corrected chi connectivity index (χ0v) is 17.0. The molecule has 2 aromatic rings. The van der Waals surface area contributed by atoms with Crippen molar-refractivity contribution in [2.75, 3.05) is 27.4 Å². The van der Waals surface area contributed by atoms with Crippen LogP contribution in [0.4, 0.5) is 0 Å². The minimum absolute atomic E-state index is 0.00396. The highest BCUT2D eigenvalue weighted by Gasteiger charge is 2.31. The van der Waals surface area contributed by atoms with Crippen LogP contribution >= 0.6 is 0 Å². The fraction of sp³-hybridized carbons (Fsp3) is 0.348. The second-order valence-electron chi connectivity index (χ2n) is 6.78. The molecule has 0 unspecified atom stereocenters. The van der Waals surface area contributed by atoms with Crippen LogP contribution in [0.3, 0.4) is 0 Å². The molecule has 154 valence electrons. The summed E-state index contributed by atoms with van der Waals surface area (Å²) >= 11 is 0. The van der Waals surface area contributed by atoms with Gasteiger partial charge in [-0.1, -0.05) is 24.3 Å². The zero-order chi connectivity index (χ0) is 20.6. The van der Waals surface area contributed by atoms with Crippen molar-refractivity contribution in [3.8, 4) is 17.2 Å². The smallest absolute Gasteiger partial charge is 0.220 e. The third-order valence-corrected chi connectivity index (χ3v) is 4.89. The van der Waals surface area contributed by atoms with Gasteiger partial charge in [0, 0.05) is 13.5 Å². The van der Waals surface area contributed by atoms with Gasteiger partial charge >= 0.3 is 0 Å². The lowest BCUT2D eigenvalue weighted by molar-refractivity contribution is -0.135. The fourth-order valence-electron chi connectivity index (χ4n) is 3.23. The van der Waals surface area contributed by atoms with Crippen LogP contribution in [0.5, 0.6) is 17.2 Å². The average Bonchev–Trinajstić information content (AvgIpc) is 2.77. The molecule has 1 amide bonds. The maximum absolute atomic E-state index is 12.1. The van der Waals surface area contributed by atoms with Crippen LogP contribution in [0.25, 0.3) is 0 Å². The van der Waals surface area contributed by atoms with Crippen LogP contribution < -0.4 is 14.2 Å². The molecule has 0 saturated heterocycles. The van der Waals surface area contributed by atoms with E-state index in [1.165, 1.54) is 0 Å². The van der Waals surface area contributed by atoms with Crippen molar-refractivity contribution in [3.05, 3.63) is 66.2 Å². The van der Waals surface area contributed by atoms with Gasteiger partial charge in [-0.25, -0.2) is 0 Å². The van der Waals surface area contributed by atoms with E-state index < -0.39 is 0 Å². The van der Waals surface area contributed by atoms with Crippen LogP contribution in [0, 0.1) is 0 Å². The fourth-order valence-corrected chi connectivity index (χ4v) is 3.23. The highest BCUT2D eigenvalue weighted by molar-refractivity contribution is 5.74. The molecule has 0 aromatic heterocycles. The molecule has 0 radical (unpaired) electrons. The van der Waals surface area contributed by atoms with E-state index in [9.17, 15) is 4.79 Å². The van der Waals surface area contributed by atoms with Gasteiger partial charge < -0.3 is 23.8 Å². The summed E-state index contributed by atoms with van der Waals surface area (Å²) in [5.41, 5.74) is 1.04. The number of amides is 1. The number of methoxy groups -OCH3 is 2. The molecule has 6 heteroatoms. The molecule has 1 heterocycles. The second kappa shape index (κ2) is 9.98. The van der Waals surface area contributed by atoms with Crippen molar-refractivity contribution >= 4 is 5.91 Å². The second-order valence-corrected chi connectivity index (χ2v) is 6.78. The lowest BCUT2D eigenvalue weighted by atomic mass is 10.0. The van der Waals surface area contributed by atoms with Crippen LogP contribution in [-0.2, 0) is 16.1 Å². The number of ether oxygens (including phenoxy) is 4. The van der Waals surface area contributed by atoms with Crippen molar-refractivity contribution in [2.45, 2.75) is 25.7 Å². The standard InChI is InChI=1S/C23H27NO5/c1-17(25)24-14-4-5-23(29-15-18-6-8-19(26-2)9-7-18)22(24)16-28-21-12-10-20(27-3)11-13-21/h4-13,22-23H,14-16H2,1-3H3/t22-,23-/m1/s1. The molecule has 6 nitrogen and oxygen atoms in total. The molecule has 0 spiro atoms. The van der Waals surface area contributed by atoms with Crippen LogP contribution in [0.15, 0.2) is 60.7 Å². The number of rotatable bonds is 8. The van der Waals surface area contributed by atoms with Gasteiger partial charge in [0.2, 0.25) is 5.91 Å². The van der Waals surface area contributed by atoms with E-state index in [4.69, 9.17) is 18.9 Å². The largest absolute Gasteiger partial charge is 0.497 e. The Morgan fingerprint density at radius 3 is 2.14 bits per heavy atom. The van der Waals surface area contributed by atoms with E-state index in [1.54, 1.807) is 26.0 Å². The number of carbonyl (C=O) groups excluding carboxylic acids is 1. The maximum atomic E-state index is 12.1. The van der Waals surface area contributed by atoms with Crippen molar-refractivity contribution in [2.24, 2.45) is 0 Å². The molecule has 2 atom stereocenters. The third kappa shape index (κ3) is 5.51. The average molecular weight is 397 g/mol. The minimum atomic E-state index is -0.256. The molecule has 0 aliphatic carbocycles. The summed E-state index contributed by atoms with van der Waals surface area (Å²) in [6.45, 7) is 2.89. The molecule has 0 N–H and O–H groups in total. The van der Waals surface area contributed by atoms with Crippen LogP contribution in [-0.4, -0.2) is 50.3 Å². The molecule has 1 aliphatic rings. The number of benzene rings is 2. The predicted octanol–water partition coefficient (Wildman–Crippen LogP) is 3.45. The zero-order valence-electron chi connectivity index (χ0n) is 17.0. The van der Waals surface area contributed by atoms with Gasteiger partial charge in [-0.05, 0) is 42.0 Å². The lowest BCUT2D eigenvalue weighted by Crippen LogP contribution is -2.52. The quantitative estimate of drug-likeness (QED) is 0.639. The molecule has 0 saturated carbocycles. The Balaban J connectivity index is 1.66. The van der Waals surface area contributed by atoms with E-state index in [-0.39, 0.29) is 18.1 Å². The van der Waals surface area contributed by atoms with Gasteiger partial charge in [0.05, 0.1) is 33.0 Å². The number of nitrogens with zero attached hydrogens (tertiary/aromatic N) is 1. The van der Waals surface area contributed by atoms with E-state index in [0.29, 0.717) is 19.8 Å². The monoisotopic (exact) mass is 397 g/mol. The molecule has 0 bridgehead atoms. The Bertz CT molecular complexity index is 816. The van der Waals surface area contributed by atoms with E-state index >= 15 is 0 Å². The molecular formula is C23H27NO5. The van der Waals surface area contributed by atoms with Crippen molar-refractivity contribution < 1.29 is 23.7 Å². The Morgan fingerprint density at radius 1 is 0.966 bits per heavy atom. The predicted molar refractivity (Wildman–Crippen MR) is 110 cm³/mol.